The Balaban J connectivity index is 2.36. The molecule has 60 valence electrons. The van der Waals surface area contributed by atoms with Crippen LogP contribution in [-0.4, -0.2) is 10.8 Å². The summed E-state index contributed by atoms with van der Waals surface area (Å²) >= 11 is 18.0. The summed E-state index contributed by atoms with van der Waals surface area (Å²) in [6.07, 6.45) is 6.08. The molecule has 11 heavy (non-hydrogen) atoms. The first-order valence-electron chi connectivity index (χ1n) is 3.54. The van der Waals surface area contributed by atoms with Crippen LogP contribution in [0.5, 0.6) is 0 Å². The van der Waals surface area contributed by atoms with Crippen molar-refractivity contribution in [2.75, 3.05) is 0 Å². The molecule has 2 aliphatic rings. The van der Waals surface area contributed by atoms with E-state index in [0.29, 0.717) is 5.92 Å². The van der Waals surface area contributed by atoms with Crippen LogP contribution < -0.4 is 0 Å². The van der Waals surface area contributed by atoms with Crippen molar-refractivity contribution in [1.82, 2.24) is 0 Å². The lowest BCUT2D eigenvalue weighted by atomic mass is 9.93. The highest BCUT2D eigenvalue weighted by Crippen LogP contribution is 2.43. The van der Waals surface area contributed by atoms with E-state index in [9.17, 15) is 0 Å². The minimum atomic E-state index is -0.117. The second-order valence-electron chi connectivity index (χ2n) is 2.94. The van der Waals surface area contributed by atoms with Gasteiger partial charge in [0.25, 0.3) is 0 Å². The monoisotopic (exact) mass is 208 g/mol. The summed E-state index contributed by atoms with van der Waals surface area (Å²) < 4.78 is 0. The smallest absolute Gasteiger partial charge is 0.0766 e. The Bertz CT molecular complexity index is 231. The topological polar surface area (TPSA) is 0 Å². The quantitative estimate of drug-likeness (QED) is 0.425. The fourth-order valence-electron chi connectivity index (χ4n) is 1.59. The van der Waals surface area contributed by atoms with Crippen LogP contribution in [0, 0.1) is 11.8 Å². The summed E-state index contributed by atoms with van der Waals surface area (Å²) in [5.41, 5.74) is 0. The van der Waals surface area contributed by atoms with E-state index in [-0.39, 0.29) is 16.7 Å². The van der Waals surface area contributed by atoms with Crippen LogP contribution in [0.1, 0.15) is 0 Å². The van der Waals surface area contributed by atoms with Crippen LogP contribution >= 0.6 is 34.8 Å². The van der Waals surface area contributed by atoms with Gasteiger partial charge in [0, 0.05) is 16.9 Å². The Morgan fingerprint density at radius 1 is 1.18 bits per heavy atom. The lowest BCUT2D eigenvalue weighted by Gasteiger charge is -2.26. The van der Waals surface area contributed by atoms with Crippen LogP contribution in [0.25, 0.3) is 0 Å². The van der Waals surface area contributed by atoms with Gasteiger partial charge < -0.3 is 0 Å². The molecule has 0 saturated heterocycles. The lowest BCUT2D eigenvalue weighted by molar-refractivity contribution is 0.571. The van der Waals surface area contributed by atoms with Crippen molar-refractivity contribution in [3.05, 3.63) is 23.3 Å². The third-order valence-corrected chi connectivity index (χ3v) is 3.82. The largest absolute Gasteiger partial charge is 0.121 e. The lowest BCUT2D eigenvalue weighted by Crippen LogP contribution is -2.28. The average Bonchev–Trinajstić information content (AvgIpc) is 2.23. The van der Waals surface area contributed by atoms with Gasteiger partial charge in [-0.05, 0) is 0 Å². The third kappa shape index (κ3) is 1.12. The van der Waals surface area contributed by atoms with Gasteiger partial charge in [-0.25, -0.2) is 0 Å². The summed E-state index contributed by atoms with van der Waals surface area (Å²) in [5, 5.41) is 0.734. The van der Waals surface area contributed by atoms with Crippen LogP contribution in [0.4, 0.5) is 0 Å². The van der Waals surface area contributed by atoms with Crippen molar-refractivity contribution in [2.24, 2.45) is 11.8 Å². The van der Waals surface area contributed by atoms with Gasteiger partial charge >= 0.3 is 0 Å². The fourth-order valence-corrected chi connectivity index (χ4v) is 2.66. The highest BCUT2D eigenvalue weighted by molar-refractivity contribution is 6.38. The zero-order valence-corrected chi connectivity index (χ0v) is 7.94. The molecule has 0 nitrogen and oxygen atoms in total. The number of hydrogen-bond donors (Lipinski definition) is 0. The molecular weight excluding hydrogens is 202 g/mol. The standard InChI is InChI=1S/C8H7Cl3/c9-6-3-4-1-2-5(7(4)10)8(6)11/h1-5,7-8H. The van der Waals surface area contributed by atoms with Gasteiger partial charge in [0.1, 0.15) is 0 Å². The van der Waals surface area contributed by atoms with E-state index in [4.69, 9.17) is 34.8 Å². The van der Waals surface area contributed by atoms with Crippen LogP contribution in [0.3, 0.4) is 0 Å². The normalized spacial score (nSPS) is 47.7. The number of halogens is 3. The molecule has 0 aromatic heterocycles. The van der Waals surface area contributed by atoms with E-state index >= 15 is 0 Å². The molecule has 2 rings (SSSR count). The predicted octanol–water partition coefficient (Wildman–Crippen LogP) is 3.14. The molecule has 0 aromatic carbocycles. The summed E-state index contributed by atoms with van der Waals surface area (Å²) in [6, 6.07) is 0. The average molecular weight is 210 g/mol. The number of rotatable bonds is 0. The van der Waals surface area contributed by atoms with Gasteiger partial charge in [-0.2, -0.15) is 0 Å². The second kappa shape index (κ2) is 2.69. The predicted molar refractivity (Wildman–Crippen MR) is 49.3 cm³/mol. The molecule has 2 aliphatic carbocycles. The molecule has 0 aliphatic heterocycles. The first kappa shape index (κ1) is 7.97. The van der Waals surface area contributed by atoms with E-state index < -0.39 is 0 Å². The SMILES string of the molecule is ClC1=CC2C=CC(C1Cl)C2Cl. The van der Waals surface area contributed by atoms with Gasteiger partial charge in [-0.15, -0.1) is 23.2 Å². The van der Waals surface area contributed by atoms with E-state index in [1.807, 2.05) is 6.08 Å². The number of fused-ring (bicyclic) bond motifs is 2. The van der Waals surface area contributed by atoms with Crippen molar-refractivity contribution < 1.29 is 0 Å². The van der Waals surface area contributed by atoms with Crippen molar-refractivity contribution >= 4 is 34.8 Å². The van der Waals surface area contributed by atoms with Crippen molar-refractivity contribution in [3.63, 3.8) is 0 Å². The fraction of sp³-hybridized carbons (Fsp3) is 0.500. The number of hydrogen-bond acceptors (Lipinski definition) is 0. The van der Waals surface area contributed by atoms with Crippen LogP contribution in [0.2, 0.25) is 0 Å². The molecule has 3 heteroatoms. The van der Waals surface area contributed by atoms with Crippen LogP contribution in [0.15, 0.2) is 23.3 Å². The summed E-state index contributed by atoms with van der Waals surface area (Å²) in [6.45, 7) is 0. The van der Waals surface area contributed by atoms with Gasteiger partial charge in [-0.3, -0.25) is 0 Å². The van der Waals surface area contributed by atoms with Crippen molar-refractivity contribution in [3.8, 4) is 0 Å². The summed E-state index contributed by atoms with van der Waals surface area (Å²) in [4.78, 5) is 0. The minimum absolute atomic E-state index is 0.111. The molecule has 4 unspecified atom stereocenters. The Kier molecular flexibility index (Phi) is 1.95. The van der Waals surface area contributed by atoms with E-state index in [2.05, 4.69) is 12.2 Å². The maximum Gasteiger partial charge on any atom is 0.0766 e. The molecule has 0 saturated carbocycles. The maximum atomic E-state index is 6.09. The van der Waals surface area contributed by atoms with Gasteiger partial charge in [0.05, 0.1) is 10.8 Å². The summed E-state index contributed by atoms with van der Waals surface area (Å²) in [7, 11) is 0. The Morgan fingerprint density at radius 2 is 1.91 bits per heavy atom. The molecular formula is C8H7Cl3. The molecule has 0 aromatic rings. The van der Waals surface area contributed by atoms with Gasteiger partial charge in [0.2, 0.25) is 0 Å². The Morgan fingerprint density at radius 3 is 2.64 bits per heavy atom. The van der Waals surface area contributed by atoms with Crippen molar-refractivity contribution in [2.45, 2.75) is 10.8 Å². The molecule has 0 radical (unpaired) electrons. The Hall–Kier alpha value is 0.350. The van der Waals surface area contributed by atoms with Crippen LogP contribution in [-0.2, 0) is 0 Å². The third-order valence-electron chi connectivity index (χ3n) is 2.24. The van der Waals surface area contributed by atoms with E-state index in [1.54, 1.807) is 0 Å². The molecule has 2 bridgehead atoms. The maximum absolute atomic E-state index is 6.09. The van der Waals surface area contributed by atoms with Gasteiger partial charge in [-0.1, -0.05) is 29.8 Å². The Labute approximate surface area is 80.8 Å². The second-order valence-corrected chi connectivity index (χ2v) is 4.35. The molecule has 0 spiro atoms. The highest BCUT2D eigenvalue weighted by Gasteiger charge is 2.38. The first-order valence-corrected chi connectivity index (χ1v) is 4.79. The molecule has 4 atom stereocenters. The molecule has 0 heterocycles. The van der Waals surface area contributed by atoms with Gasteiger partial charge in [0.15, 0.2) is 0 Å². The highest BCUT2D eigenvalue weighted by atomic mass is 35.5. The molecule has 0 amide bonds. The summed E-state index contributed by atoms with van der Waals surface area (Å²) in [5.74, 6) is 0.519. The zero-order valence-electron chi connectivity index (χ0n) is 5.68. The molecule has 0 N–H and O–H groups in total. The first-order chi connectivity index (χ1) is 5.20. The van der Waals surface area contributed by atoms with Crippen molar-refractivity contribution in [1.29, 1.82) is 0 Å². The molecule has 0 fully saturated rings. The minimum Gasteiger partial charge on any atom is -0.121 e. The number of alkyl halides is 2. The number of allylic oxidation sites excluding steroid dienone is 4. The van der Waals surface area contributed by atoms with E-state index in [0.717, 1.165) is 5.03 Å². The van der Waals surface area contributed by atoms with E-state index in [1.165, 1.54) is 0 Å². The zero-order chi connectivity index (χ0) is 8.01.